The fourth-order valence-electron chi connectivity index (χ4n) is 0.256. The van der Waals surface area contributed by atoms with Gasteiger partial charge in [-0.2, -0.15) is 6.08 Å². The van der Waals surface area contributed by atoms with Crippen LogP contribution >= 0.6 is 0 Å². The third-order valence-corrected chi connectivity index (χ3v) is 0.523. The average molecular weight is 297 g/mol. The van der Waals surface area contributed by atoms with Gasteiger partial charge in [0.25, 0.3) is 0 Å². The Morgan fingerprint density at radius 1 is 1.22 bits per heavy atom. The Morgan fingerprint density at radius 2 is 1.56 bits per heavy atom. The van der Waals surface area contributed by atoms with Crippen molar-refractivity contribution in [3.05, 3.63) is 19.3 Å². The zero-order chi connectivity index (χ0) is 14.3. The summed E-state index contributed by atoms with van der Waals surface area (Å²) in [7, 11) is 0. The molecule has 0 saturated heterocycles. The summed E-state index contributed by atoms with van der Waals surface area (Å²) in [5, 5.41) is 16.1. The summed E-state index contributed by atoms with van der Waals surface area (Å²) >= 11 is 0. The molecule has 108 valence electrons. The van der Waals surface area contributed by atoms with E-state index in [0.29, 0.717) is 6.61 Å². The molecular formula is C12H25O5Ti-. The van der Waals surface area contributed by atoms with Gasteiger partial charge in [0.1, 0.15) is 0 Å². The van der Waals surface area contributed by atoms with E-state index in [-0.39, 0.29) is 33.9 Å². The van der Waals surface area contributed by atoms with Gasteiger partial charge in [-0.05, 0) is 34.6 Å². The Bertz CT molecular complexity index is 170. The molecule has 18 heavy (non-hydrogen) atoms. The van der Waals surface area contributed by atoms with Gasteiger partial charge in [-0.25, -0.2) is 11.7 Å². The minimum atomic E-state index is -0.697. The second kappa shape index (κ2) is 21.8. The normalized spacial score (nSPS) is 8.72. The molecule has 0 spiro atoms. The molecule has 0 aliphatic rings. The first-order chi connectivity index (χ1) is 7.77. The van der Waals surface area contributed by atoms with Crippen molar-refractivity contribution in [1.29, 1.82) is 0 Å². The zero-order valence-electron chi connectivity index (χ0n) is 11.8. The number of hydrogen-bond donors (Lipinski definition) is 2. The van der Waals surface area contributed by atoms with Gasteiger partial charge in [0, 0.05) is 33.9 Å². The molecule has 0 rings (SSSR count). The van der Waals surface area contributed by atoms with Crippen molar-refractivity contribution >= 4 is 6.16 Å². The monoisotopic (exact) mass is 297 g/mol. The molecule has 0 bridgehead atoms. The second-order valence-corrected chi connectivity index (χ2v) is 3.36. The van der Waals surface area contributed by atoms with Crippen LogP contribution in [-0.2, 0) is 31.2 Å². The molecule has 0 aromatic carbocycles. The third kappa shape index (κ3) is 77.0. The number of aliphatic hydroxyl groups is 2. The van der Waals surface area contributed by atoms with E-state index in [1.807, 2.05) is 0 Å². The molecular weight excluding hydrogens is 272 g/mol. The van der Waals surface area contributed by atoms with Crippen LogP contribution in [0.15, 0.2) is 12.3 Å². The first kappa shape index (κ1) is 26.2. The van der Waals surface area contributed by atoms with E-state index in [2.05, 4.69) is 16.4 Å². The van der Waals surface area contributed by atoms with E-state index in [0.717, 1.165) is 6.26 Å². The summed E-state index contributed by atoms with van der Waals surface area (Å²) in [6, 6.07) is 0. The Hall–Kier alpha value is -0.486. The summed E-state index contributed by atoms with van der Waals surface area (Å²) in [6.45, 7) is 12.2. The molecule has 0 atom stereocenters. The van der Waals surface area contributed by atoms with Crippen molar-refractivity contribution in [2.75, 3.05) is 6.61 Å². The van der Waals surface area contributed by atoms with Crippen molar-refractivity contribution in [1.82, 2.24) is 0 Å². The van der Waals surface area contributed by atoms with Crippen molar-refractivity contribution in [3.63, 3.8) is 0 Å². The van der Waals surface area contributed by atoms with Crippen molar-refractivity contribution in [3.8, 4) is 0 Å². The number of rotatable bonds is 2. The van der Waals surface area contributed by atoms with Crippen LogP contribution < -0.4 is 0 Å². The molecule has 0 aliphatic carbocycles. The van der Waals surface area contributed by atoms with E-state index < -0.39 is 6.16 Å². The van der Waals surface area contributed by atoms with Gasteiger partial charge in [-0.1, -0.05) is 6.26 Å². The van der Waals surface area contributed by atoms with Crippen LogP contribution in [0.3, 0.4) is 0 Å². The van der Waals surface area contributed by atoms with Gasteiger partial charge in [0.05, 0.1) is 6.61 Å². The number of ether oxygens (including phenoxy) is 2. The van der Waals surface area contributed by atoms with Crippen LogP contribution in [0.5, 0.6) is 0 Å². The molecule has 0 aliphatic heterocycles. The van der Waals surface area contributed by atoms with Crippen molar-refractivity contribution in [2.24, 2.45) is 0 Å². The second-order valence-electron chi connectivity index (χ2n) is 3.36. The van der Waals surface area contributed by atoms with Crippen LogP contribution in [0, 0.1) is 6.92 Å². The zero-order valence-corrected chi connectivity index (χ0v) is 13.4. The largest absolute Gasteiger partial charge is 0.496 e. The van der Waals surface area contributed by atoms with Crippen LogP contribution in [0.25, 0.3) is 0 Å². The van der Waals surface area contributed by atoms with Gasteiger partial charge in [0.15, 0.2) is 0 Å². The van der Waals surface area contributed by atoms with Crippen LogP contribution in [0.2, 0.25) is 0 Å². The standard InChI is InChI=1S/C6H9O3.2C3H8O.Ti/c1-3-5-9-6(7)8-4-2;2*1-3(2)4;/h3,5H,1,4H2,2H3;2*3-4H,1-2H3;/q-1;;;/b5-3+;;;. The summed E-state index contributed by atoms with van der Waals surface area (Å²) in [6.07, 6.45) is 1.49. The van der Waals surface area contributed by atoms with E-state index >= 15 is 0 Å². The predicted octanol–water partition coefficient (Wildman–Crippen LogP) is 2.28. The smallest absolute Gasteiger partial charge is 0.495 e. The van der Waals surface area contributed by atoms with E-state index in [4.69, 9.17) is 10.2 Å². The van der Waals surface area contributed by atoms with Gasteiger partial charge >= 0.3 is 6.16 Å². The average Bonchev–Trinajstić information content (AvgIpc) is 2.13. The van der Waals surface area contributed by atoms with Crippen molar-refractivity contribution < 1.29 is 46.2 Å². The number of carbonyl (C=O) groups excluding carboxylic acids is 1. The van der Waals surface area contributed by atoms with E-state index in [1.165, 1.54) is 6.08 Å². The van der Waals surface area contributed by atoms with Crippen LogP contribution in [0.4, 0.5) is 4.79 Å². The Labute approximate surface area is 125 Å². The molecule has 0 saturated carbocycles. The maximum atomic E-state index is 10.3. The van der Waals surface area contributed by atoms with Gasteiger partial charge in [-0.3, -0.25) is 0 Å². The minimum Gasteiger partial charge on any atom is -0.496 e. The predicted molar refractivity (Wildman–Crippen MR) is 67.3 cm³/mol. The Kier molecular flexibility index (Phi) is 31.6. The fourth-order valence-corrected chi connectivity index (χ4v) is 0.256. The molecule has 2 N–H and O–H groups in total. The summed E-state index contributed by atoms with van der Waals surface area (Å²) in [5.74, 6) is 0. The fraction of sp³-hybridized carbons (Fsp3) is 0.667. The molecule has 0 aromatic rings. The summed E-state index contributed by atoms with van der Waals surface area (Å²) in [5.41, 5.74) is 0. The molecule has 0 aromatic heterocycles. The first-order valence-electron chi connectivity index (χ1n) is 5.41. The molecule has 0 heterocycles. The van der Waals surface area contributed by atoms with Crippen molar-refractivity contribution in [2.45, 2.75) is 46.8 Å². The Balaban J connectivity index is -0.0000000922. The maximum Gasteiger partial charge on any atom is 0.495 e. The van der Waals surface area contributed by atoms with Crippen LogP contribution in [0.1, 0.15) is 34.6 Å². The first-order valence-corrected chi connectivity index (χ1v) is 5.41. The molecule has 5 nitrogen and oxygen atoms in total. The Morgan fingerprint density at radius 3 is 1.78 bits per heavy atom. The number of hydrogen-bond acceptors (Lipinski definition) is 5. The SMILES string of the molecule is CC(C)O.CC(C)O.[CH2-]/C=C/OC(=O)OCC.[Ti]. The molecule has 0 amide bonds. The van der Waals surface area contributed by atoms with Gasteiger partial charge in [0.2, 0.25) is 0 Å². The third-order valence-electron chi connectivity index (χ3n) is 0.523. The van der Waals surface area contributed by atoms with E-state index in [1.54, 1.807) is 34.6 Å². The number of carbonyl (C=O) groups is 1. The van der Waals surface area contributed by atoms with Gasteiger partial charge in [-0.15, -0.1) is 0 Å². The number of allylic oxidation sites excluding steroid dienone is 1. The maximum absolute atomic E-state index is 10.3. The quantitative estimate of drug-likeness (QED) is 0.354. The van der Waals surface area contributed by atoms with Crippen LogP contribution in [-0.4, -0.2) is 35.2 Å². The van der Waals surface area contributed by atoms with E-state index in [9.17, 15) is 4.79 Å². The van der Waals surface area contributed by atoms with Gasteiger partial charge < -0.3 is 19.7 Å². The molecule has 0 unspecified atom stereocenters. The molecule has 6 heteroatoms. The molecule has 0 radical (unpaired) electrons. The summed E-state index contributed by atoms with van der Waals surface area (Å²) < 4.78 is 8.73. The molecule has 0 fully saturated rings. The minimum absolute atomic E-state index is 0. The number of aliphatic hydroxyl groups excluding tert-OH is 2. The summed E-state index contributed by atoms with van der Waals surface area (Å²) in [4.78, 5) is 10.3. The topological polar surface area (TPSA) is 76.0 Å².